The zero-order valence-corrected chi connectivity index (χ0v) is 14.7. The normalized spacial score (nSPS) is 14.6. The van der Waals surface area contributed by atoms with Gasteiger partial charge in [0.25, 0.3) is 0 Å². The molecule has 1 fully saturated rings. The van der Waals surface area contributed by atoms with Crippen molar-refractivity contribution in [1.82, 2.24) is 0 Å². The van der Waals surface area contributed by atoms with E-state index in [2.05, 4.69) is 10.8 Å². The molecule has 5 nitrogen and oxygen atoms in total. The molecule has 1 aromatic carbocycles. The van der Waals surface area contributed by atoms with Crippen LogP contribution in [-0.2, 0) is 16.0 Å². The Morgan fingerprint density at radius 3 is 2.73 bits per heavy atom. The lowest BCUT2D eigenvalue weighted by molar-refractivity contribution is -0.143. The van der Waals surface area contributed by atoms with Crippen LogP contribution >= 0.6 is 0 Å². The van der Waals surface area contributed by atoms with Crippen molar-refractivity contribution in [1.29, 1.82) is 5.26 Å². The quantitative estimate of drug-likeness (QED) is 0.551. The summed E-state index contributed by atoms with van der Waals surface area (Å²) in [6.45, 7) is -0.445. The van der Waals surface area contributed by atoms with Crippen LogP contribution in [0.5, 0.6) is 11.5 Å². The molecule has 0 amide bonds. The van der Waals surface area contributed by atoms with Crippen LogP contribution in [0.25, 0.3) is 0 Å². The van der Waals surface area contributed by atoms with Gasteiger partial charge in [-0.05, 0) is 56.2 Å². The van der Waals surface area contributed by atoms with Gasteiger partial charge in [0.1, 0.15) is 0 Å². The van der Waals surface area contributed by atoms with Crippen molar-refractivity contribution in [3.05, 3.63) is 23.8 Å². The minimum absolute atomic E-state index is 0.00718. The maximum atomic E-state index is 12.5. The Bertz CT molecular complexity index is 641. The SMILES string of the molecule is CCOC(=O)CC(C#N)CCc1ccc(OC(F)F)c(OCC2CC2)c1. The fraction of sp³-hybridized carbons (Fsp3) is 0.579. The van der Waals surface area contributed by atoms with Crippen molar-refractivity contribution < 1.29 is 27.8 Å². The Hall–Kier alpha value is -2.36. The fourth-order valence-electron chi connectivity index (χ4n) is 2.48. The lowest BCUT2D eigenvalue weighted by Gasteiger charge is -2.14. The summed E-state index contributed by atoms with van der Waals surface area (Å²) < 4.78 is 40.1. The number of hydrogen-bond acceptors (Lipinski definition) is 5. The van der Waals surface area contributed by atoms with Crippen molar-refractivity contribution in [2.45, 2.75) is 45.6 Å². The molecule has 0 spiro atoms. The van der Waals surface area contributed by atoms with Gasteiger partial charge in [-0.25, -0.2) is 0 Å². The predicted molar refractivity (Wildman–Crippen MR) is 90.0 cm³/mol. The molecule has 1 saturated carbocycles. The van der Waals surface area contributed by atoms with Crippen LogP contribution in [0.2, 0.25) is 0 Å². The van der Waals surface area contributed by atoms with Crippen LogP contribution in [0.3, 0.4) is 0 Å². The summed E-state index contributed by atoms with van der Waals surface area (Å²) >= 11 is 0. The number of aryl methyl sites for hydroxylation is 1. The lowest BCUT2D eigenvalue weighted by atomic mass is 9.97. The van der Waals surface area contributed by atoms with Crippen molar-refractivity contribution in [3.8, 4) is 17.6 Å². The van der Waals surface area contributed by atoms with E-state index < -0.39 is 18.5 Å². The number of carbonyl (C=O) groups is 1. The van der Waals surface area contributed by atoms with Gasteiger partial charge < -0.3 is 14.2 Å². The second kappa shape index (κ2) is 9.95. The first-order valence-electron chi connectivity index (χ1n) is 8.77. The number of nitriles is 1. The van der Waals surface area contributed by atoms with Gasteiger partial charge in [0, 0.05) is 0 Å². The topological polar surface area (TPSA) is 68.6 Å². The van der Waals surface area contributed by atoms with Gasteiger partial charge in [0.15, 0.2) is 11.5 Å². The molecule has 0 aromatic heterocycles. The number of alkyl halides is 2. The number of esters is 1. The van der Waals surface area contributed by atoms with Crippen molar-refractivity contribution in [3.63, 3.8) is 0 Å². The van der Waals surface area contributed by atoms with E-state index in [1.807, 2.05) is 0 Å². The van der Waals surface area contributed by atoms with E-state index in [1.54, 1.807) is 19.1 Å². The maximum Gasteiger partial charge on any atom is 0.387 e. The molecule has 0 radical (unpaired) electrons. The van der Waals surface area contributed by atoms with Gasteiger partial charge in [-0.3, -0.25) is 4.79 Å². The minimum atomic E-state index is -2.92. The average Bonchev–Trinajstić information content (AvgIpc) is 3.42. The number of nitrogens with zero attached hydrogens (tertiary/aromatic N) is 1. The van der Waals surface area contributed by atoms with Crippen molar-refractivity contribution >= 4 is 5.97 Å². The second-order valence-electron chi connectivity index (χ2n) is 6.29. The van der Waals surface area contributed by atoms with E-state index in [4.69, 9.17) is 9.47 Å². The van der Waals surface area contributed by atoms with E-state index in [1.165, 1.54) is 6.07 Å². The van der Waals surface area contributed by atoms with E-state index in [0.29, 0.717) is 25.4 Å². The Balaban J connectivity index is 1.97. The smallest absolute Gasteiger partial charge is 0.387 e. The summed E-state index contributed by atoms with van der Waals surface area (Å²) in [5.41, 5.74) is 0.835. The predicted octanol–water partition coefficient (Wildman–Crippen LogP) is 4.10. The monoisotopic (exact) mass is 367 g/mol. The van der Waals surface area contributed by atoms with E-state index >= 15 is 0 Å². The highest BCUT2D eigenvalue weighted by Crippen LogP contribution is 2.34. The molecule has 2 rings (SSSR count). The number of rotatable bonds is 11. The molecule has 0 bridgehead atoms. The van der Waals surface area contributed by atoms with Crippen molar-refractivity contribution in [2.75, 3.05) is 13.2 Å². The highest BCUT2D eigenvalue weighted by molar-refractivity contribution is 5.70. The van der Waals surface area contributed by atoms with E-state index in [9.17, 15) is 18.8 Å². The third-order valence-corrected chi connectivity index (χ3v) is 4.08. The molecule has 1 atom stereocenters. The molecular formula is C19H23F2NO4. The third-order valence-electron chi connectivity index (χ3n) is 4.08. The minimum Gasteiger partial charge on any atom is -0.489 e. The van der Waals surface area contributed by atoms with Crippen molar-refractivity contribution in [2.24, 2.45) is 11.8 Å². The summed E-state index contributed by atoms with van der Waals surface area (Å²) in [6.07, 6.45) is 3.20. The molecule has 1 aliphatic rings. The van der Waals surface area contributed by atoms with E-state index in [0.717, 1.165) is 18.4 Å². The summed E-state index contributed by atoms with van der Waals surface area (Å²) in [7, 11) is 0. The number of benzene rings is 1. The number of ether oxygens (including phenoxy) is 3. The molecule has 0 saturated heterocycles. The van der Waals surface area contributed by atoms with Gasteiger partial charge in [-0.15, -0.1) is 0 Å². The Kier molecular flexibility index (Phi) is 7.64. The molecule has 1 aliphatic carbocycles. The highest BCUT2D eigenvalue weighted by atomic mass is 19.3. The van der Waals surface area contributed by atoms with Gasteiger partial charge in [-0.1, -0.05) is 6.07 Å². The summed E-state index contributed by atoms with van der Waals surface area (Å²) in [6, 6.07) is 6.89. The molecule has 0 heterocycles. The molecule has 7 heteroatoms. The van der Waals surface area contributed by atoms with Crippen LogP contribution in [0.1, 0.15) is 38.2 Å². The molecule has 0 N–H and O–H groups in total. The molecule has 0 aliphatic heterocycles. The van der Waals surface area contributed by atoms with Gasteiger partial charge >= 0.3 is 12.6 Å². The van der Waals surface area contributed by atoms with Gasteiger partial charge in [0.2, 0.25) is 0 Å². The lowest BCUT2D eigenvalue weighted by Crippen LogP contribution is -2.11. The van der Waals surface area contributed by atoms with Gasteiger partial charge in [-0.2, -0.15) is 14.0 Å². The van der Waals surface area contributed by atoms with Crippen LogP contribution in [-0.4, -0.2) is 25.8 Å². The number of hydrogen-bond donors (Lipinski definition) is 0. The first-order valence-corrected chi connectivity index (χ1v) is 8.77. The molecule has 142 valence electrons. The first-order chi connectivity index (χ1) is 12.5. The largest absolute Gasteiger partial charge is 0.489 e. The third kappa shape index (κ3) is 6.87. The number of carbonyl (C=O) groups excluding carboxylic acids is 1. The number of halogens is 2. The molecular weight excluding hydrogens is 344 g/mol. The maximum absolute atomic E-state index is 12.5. The zero-order valence-electron chi connectivity index (χ0n) is 14.7. The average molecular weight is 367 g/mol. The Morgan fingerprint density at radius 1 is 1.35 bits per heavy atom. The van der Waals surface area contributed by atoms with E-state index in [-0.39, 0.29) is 24.5 Å². The van der Waals surface area contributed by atoms with Crippen LogP contribution in [0, 0.1) is 23.2 Å². The van der Waals surface area contributed by atoms with Crippen LogP contribution < -0.4 is 9.47 Å². The summed E-state index contributed by atoms with van der Waals surface area (Å²) in [4.78, 5) is 11.5. The zero-order chi connectivity index (χ0) is 18.9. The highest BCUT2D eigenvalue weighted by Gasteiger charge is 2.23. The summed E-state index contributed by atoms with van der Waals surface area (Å²) in [5, 5.41) is 9.19. The molecule has 26 heavy (non-hydrogen) atoms. The van der Waals surface area contributed by atoms with Gasteiger partial charge in [0.05, 0.1) is 31.6 Å². The second-order valence-corrected chi connectivity index (χ2v) is 6.29. The molecule has 1 unspecified atom stereocenters. The van der Waals surface area contributed by atoms with Crippen LogP contribution in [0.4, 0.5) is 8.78 Å². The Morgan fingerprint density at radius 2 is 2.12 bits per heavy atom. The first kappa shape index (κ1) is 20.0. The summed E-state index contributed by atoms with van der Waals surface area (Å²) in [5.74, 6) is -0.0815. The molecule has 1 aromatic rings. The standard InChI is InChI=1S/C19H23F2NO4/c1-2-24-18(23)10-15(11-22)6-3-13-7-8-16(26-19(20)21)17(9-13)25-12-14-4-5-14/h7-9,14-15,19H,2-6,10,12H2,1H3. The fourth-order valence-corrected chi connectivity index (χ4v) is 2.48. The van der Waals surface area contributed by atoms with Crippen LogP contribution in [0.15, 0.2) is 18.2 Å². The Labute approximate surface area is 151 Å².